The molecule has 1 saturated carbocycles. The van der Waals surface area contributed by atoms with E-state index in [9.17, 15) is 9.90 Å². The van der Waals surface area contributed by atoms with Gasteiger partial charge in [-0.25, -0.2) is 4.98 Å². The molecule has 1 unspecified atom stereocenters. The van der Waals surface area contributed by atoms with E-state index in [1.54, 1.807) is 6.20 Å². The summed E-state index contributed by atoms with van der Waals surface area (Å²) in [5.41, 5.74) is 1.39. The van der Waals surface area contributed by atoms with Crippen LogP contribution in [0.1, 0.15) is 41.3 Å². The molecule has 166 valence electrons. The molecule has 3 aromatic rings. The number of hydrogen-bond donors (Lipinski definition) is 2. The third-order valence-electron chi connectivity index (χ3n) is 6.34. The standard InChI is InChI=1S/C24H23Cl2N3O2S/c25-16-5-3-4-15(12-16)24(9-10-24)22(31)28-23-27-13-20(32-23)21(29-11-8-17(30)14-29)18-6-1-2-7-19(18)26/h1-7,12-13,17,21,30H,8-11,14H2,(H,27,28,31)/t17-,21?/m1/s1. The van der Waals surface area contributed by atoms with Crippen LogP contribution >= 0.6 is 34.5 Å². The first-order chi connectivity index (χ1) is 15.5. The molecule has 1 amide bonds. The number of aliphatic hydroxyl groups excluding tert-OH is 1. The van der Waals surface area contributed by atoms with E-state index in [1.807, 2.05) is 48.5 Å². The van der Waals surface area contributed by atoms with Crippen LogP contribution in [0.4, 0.5) is 5.13 Å². The third kappa shape index (κ3) is 4.18. The molecule has 0 bridgehead atoms. The number of hydrogen-bond acceptors (Lipinski definition) is 5. The summed E-state index contributed by atoms with van der Waals surface area (Å²) in [6, 6.07) is 15.2. The molecular formula is C24H23Cl2N3O2S. The Morgan fingerprint density at radius 1 is 1.22 bits per heavy atom. The Hall–Kier alpha value is -1.96. The Morgan fingerprint density at radius 3 is 2.72 bits per heavy atom. The van der Waals surface area contributed by atoms with E-state index in [1.165, 1.54) is 11.3 Å². The second-order valence-electron chi connectivity index (χ2n) is 8.48. The highest BCUT2D eigenvalue weighted by molar-refractivity contribution is 7.15. The van der Waals surface area contributed by atoms with Gasteiger partial charge in [0.25, 0.3) is 0 Å². The molecule has 5 rings (SSSR count). The number of aliphatic hydroxyl groups is 1. The molecule has 2 fully saturated rings. The quantitative estimate of drug-likeness (QED) is 0.496. The summed E-state index contributed by atoms with van der Waals surface area (Å²) in [6.45, 7) is 1.35. The maximum Gasteiger partial charge on any atom is 0.236 e. The topological polar surface area (TPSA) is 65.5 Å². The monoisotopic (exact) mass is 487 g/mol. The zero-order chi connectivity index (χ0) is 22.3. The molecule has 1 aromatic heterocycles. The van der Waals surface area contributed by atoms with Crippen molar-refractivity contribution in [2.45, 2.75) is 36.8 Å². The number of carbonyl (C=O) groups is 1. The normalized spacial score (nSPS) is 20.8. The van der Waals surface area contributed by atoms with Gasteiger partial charge in [-0.2, -0.15) is 0 Å². The highest BCUT2D eigenvalue weighted by Gasteiger charge is 2.51. The van der Waals surface area contributed by atoms with Crippen LogP contribution in [0.15, 0.2) is 54.7 Å². The van der Waals surface area contributed by atoms with Gasteiger partial charge in [-0.05, 0) is 48.6 Å². The van der Waals surface area contributed by atoms with Gasteiger partial charge >= 0.3 is 0 Å². The van der Waals surface area contributed by atoms with Gasteiger partial charge < -0.3 is 10.4 Å². The van der Waals surface area contributed by atoms with Crippen LogP contribution < -0.4 is 5.32 Å². The Labute approximate surface area is 201 Å². The van der Waals surface area contributed by atoms with Gasteiger partial charge in [-0.1, -0.05) is 64.9 Å². The van der Waals surface area contributed by atoms with Crippen molar-refractivity contribution >= 4 is 45.6 Å². The van der Waals surface area contributed by atoms with Crippen molar-refractivity contribution in [2.75, 3.05) is 18.4 Å². The number of rotatable bonds is 6. The summed E-state index contributed by atoms with van der Waals surface area (Å²) in [4.78, 5) is 20.9. The van der Waals surface area contributed by atoms with Gasteiger partial charge in [0.05, 0.1) is 17.6 Å². The van der Waals surface area contributed by atoms with Crippen LogP contribution in [-0.4, -0.2) is 40.1 Å². The summed E-state index contributed by atoms with van der Waals surface area (Å²) in [5.74, 6) is -0.0495. The number of carbonyl (C=O) groups excluding carboxylic acids is 1. The lowest BCUT2D eigenvalue weighted by Crippen LogP contribution is -2.28. The minimum Gasteiger partial charge on any atom is -0.392 e. The number of aromatic nitrogens is 1. The molecule has 32 heavy (non-hydrogen) atoms. The van der Waals surface area contributed by atoms with Crippen LogP contribution in [0.5, 0.6) is 0 Å². The molecule has 0 radical (unpaired) electrons. The lowest BCUT2D eigenvalue weighted by Gasteiger charge is -2.27. The molecule has 1 aliphatic carbocycles. The number of halogens is 2. The zero-order valence-electron chi connectivity index (χ0n) is 17.3. The first kappa shape index (κ1) is 21.9. The fraction of sp³-hybridized carbons (Fsp3) is 0.333. The number of amides is 1. The van der Waals surface area contributed by atoms with Gasteiger partial charge in [0.15, 0.2) is 5.13 Å². The van der Waals surface area contributed by atoms with Gasteiger partial charge in [-0.3, -0.25) is 9.69 Å². The molecule has 0 spiro atoms. The van der Waals surface area contributed by atoms with E-state index in [0.29, 0.717) is 21.7 Å². The number of β-amino-alcohol motifs (C(OH)–C–C–N with tert-alkyl or cyclic N) is 1. The first-order valence-corrected chi connectivity index (χ1v) is 12.2. The van der Waals surface area contributed by atoms with Gasteiger partial charge in [0.2, 0.25) is 5.91 Å². The fourth-order valence-corrected chi connectivity index (χ4v) is 5.87. The molecule has 5 nitrogen and oxygen atoms in total. The molecule has 2 aliphatic rings. The average molecular weight is 488 g/mol. The predicted molar refractivity (Wildman–Crippen MR) is 129 cm³/mol. The van der Waals surface area contributed by atoms with Crippen LogP contribution in [-0.2, 0) is 10.2 Å². The highest BCUT2D eigenvalue weighted by Crippen LogP contribution is 2.49. The number of thiazole rings is 1. The molecule has 8 heteroatoms. The van der Waals surface area contributed by atoms with Crippen molar-refractivity contribution in [3.8, 4) is 0 Å². The number of likely N-dealkylation sites (tertiary alicyclic amines) is 1. The molecule has 2 atom stereocenters. The molecular weight excluding hydrogens is 465 g/mol. The van der Waals surface area contributed by atoms with Crippen LogP contribution in [0.2, 0.25) is 10.0 Å². The van der Waals surface area contributed by atoms with Crippen molar-refractivity contribution in [3.63, 3.8) is 0 Å². The maximum atomic E-state index is 13.2. The van der Waals surface area contributed by atoms with Crippen molar-refractivity contribution in [1.82, 2.24) is 9.88 Å². The van der Waals surface area contributed by atoms with E-state index < -0.39 is 5.41 Å². The molecule has 1 saturated heterocycles. The van der Waals surface area contributed by atoms with Crippen molar-refractivity contribution in [3.05, 3.63) is 80.8 Å². The molecule has 1 aliphatic heterocycles. The Bertz CT molecular complexity index is 1150. The third-order valence-corrected chi connectivity index (χ3v) is 7.88. The summed E-state index contributed by atoms with van der Waals surface area (Å²) >= 11 is 14.1. The second-order valence-corrected chi connectivity index (χ2v) is 10.4. The second kappa shape index (κ2) is 8.76. The van der Waals surface area contributed by atoms with Crippen LogP contribution in [0.25, 0.3) is 0 Å². The van der Waals surface area contributed by atoms with E-state index >= 15 is 0 Å². The number of nitrogens with zero attached hydrogens (tertiary/aromatic N) is 2. The molecule has 2 aromatic carbocycles. The molecule has 2 N–H and O–H groups in total. The van der Waals surface area contributed by atoms with Crippen molar-refractivity contribution < 1.29 is 9.90 Å². The highest BCUT2D eigenvalue weighted by atomic mass is 35.5. The largest absolute Gasteiger partial charge is 0.392 e. The SMILES string of the molecule is O=C(Nc1ncc(C(c2ccccc2Cl)N2CC[C@@H](O)C2)s1)C1(c2cccc(Cl)c2)CC1. The van der Waals surface area contributed by atoms with E-state index in [2.05, 4.69) is 15.2 Å². The summed E-state index contributed by atoms with van der Waals surface area (Å²) < 4.78 is 0. The average Bonchev–Trinajstić information content (AvgIpc) is 3.30. The van der Waals surface area contributed by atoms with E-state index in [0.717, 1.165) is 41.8 Å². The van der Waals surface area contributed by atoms with Crippen LogP contribution in [0, 0.1) is 0 Å². The summed E-state index contributed by atoms with van der Waals surface area (Å²) in [6.07, 6.45) is 3.78. The number of nitrogens with one attached hydrogen (secondary N) is 1. The lowest BCUT2D eigenvalue weighted by atomic mass is 9.95. The van der Waals surface area contributed by atoms with E-state index in [4.69, 9.17) is 23.2 Å². The van der Waals surface area contributed by atoms with Crippen LogP contribution in [0.3, 0.4) is 0 Å². The van der Waals surface area contributed by atoms with Crippen molar-refractivity contribution in [2.24, 2.45) is 0 Å². The lowest BCUT2D eigenvalue weighted by molar-refractivity contribution is -0.118. The Morgan fingerprint density at radius 2 is 2.03 bits per heavy atom. The Kier molecular flexibility index (Phi) is 5.99. The van der Waals surface area contributed by atoms with Gasteiger partial charge in [0, 0.05) is 34.2 Å². The predicted octanol–water partition coefficient (Wildman–Crippen LogP) is 5.28. The summed E-state index contributed by atoms with van der Waals surface area (Å²) in [7, 11) is 0. The number of anilines is 1. The van der Waals surface area contributed by atoms with Crippen molar-refractivity contribution in [1.29, 1.82) is 0 Å². The fourth-order valence-electron chi connectivity index (χ4n) is 4.47. The zero-order valence-corrected chi connectivity index (χ0v) is 19.6. The van der Waals surface area contributed by atoms with E-state index in [-0.39, 0.29) is 18.1 Å². The first-order valence-electron chi connectivity index (χ1n) is 10.7. The number of benzene rings is 2. The Balaban J connectivity index is 1.40. The maximum absolute atomic E-state index is 13.2. The minimum absolute atomic E-state index is 0.0495. The molecule has 2 heterocycles. The van der Waals surface area contributed by atoms with Gasteiger partial charge in [-0.15, -0.1) is 0 Å². The van der Waals surface area contributed by atoms with Gasteiger partial charge in [0.1, 0.15) is 0 Å². The minimum atomic E-state index is -0.530. The summed E-state index contributed by atoms with van der Waals surface area (Å²) in [5, 5.41) is 15.0. The smallest absolute Gasteiger partial charge is 0.236 e.